The van der Waals surface area contributed by atoms with Crippen LogP contribution in [-0.2, 0) is 16.1 Å². The molecule has 0 radical (unpaired) electrons. The molecular formula is C13H16O3. The quantitative estimate of drug-likeness (QED) is 0.624. The lowest BCUT2D eigenvalue weighted by Crippen LogP contribution is -2.23. The van der Waals surface area contributed by atoms with E-state index >= 15 is 0 Å². The monoisotopic (exact) mass is 220 g/mol. The largest absolute Gasteiger partial charge is 0.459 e. The Hall–Kier alpha value is -1.61. The average Bonchev–Trinajstić information content (AvgIpc) is 2.35. The Kier molecular flexibility index (Phi) is 4.73. The normalized spacial score (nSPS) is 13.3. The fourth-order valence-electron chi connectivity index (χ4n) is 1.15. The molecule has 0 spiro atoms. The maximum atomic E-state index is 11.4. The summed E-state index contributed by atoms with van der Waals surface area (Å²) in [5.41, 5.74) is 1.50. The second-order valence-corrected chi connectivity index (χ2v) is 3.53. The van der Waals surface area contributed by atoms with Gasteiger partial charge >= 0.3 is 5.97 Å². The van der Waals surface area contributed by atoms with Gasteiger partial charge in [0.2, 0.25) is 0 Å². The van der Waals surface area contributed by atoms with Gasteiger partial charge in [-0.25, -0.2) is 4.79 Å². The Morgan fingerprint density at radius 2 is 2.06 bits per heavy atom. The molecule has 0 amide bonds. The molecule has 3 nitrogen and oxygen atoms in total. The number of ether oxygens (including phenoxy) is 1. The second kappa shape index (κ2) is 6.08. The van der Waals surface area contributed by atoms with Gasteiger partial charge in [0.25, 0.3) is 0 Å². The zero-order valence-electron chi connectivity index (χ0n) is 9.51. The van der Waals surface area contributed by atoms with Gasteiger partial charge in [0.15, 0.2) is 6.10 Å². The molecule has 1 aromatic rings. The van der Waals surface area contributed by atoms with Crippen molar-refractivity contribution in [2.45, 2.75) is 26.6 Å². The minimum atomic E-state index is -1.16. The van der Waals surface area contributed by atoms with E-state index in [1.807, 2.05) is 30.3 Å². The first-order chi connectivity index (χ1) is 7.65. The Bertz CT molecular complexity index is 368. The summed E-state index contributed by atoms with van der Waals surface area (Å²) in [5, 5.41) is 9.52. The summed E-state index contributed by atoms with van der Waals surface area (Å²) >= 11 is 0. The van der Waals surface area contributed by atoms with E-state index in [2.05, 4.69) is 0 Å². The molecular weight excluding hydrogens is 204 g/mol. The molecule has 0 unspecified atom stereocenters. The topological polar surface area (TPSA) is 46.5 Å². The van der Waals surface area contributed by atoms with E-state index < -0.39 is 12.1 Å². The van der Waals surface area contributed by atoms with Gasteiger partial charge in [-0.1, -0.05) is 36.4 Å². The summed E-state index contributed by atoms with van der Waals surface area (Å²) in [4.78, 5) is 11.4. The highest BCUT2D eigenvalue weighted by molar-refractivity contribution is 5.77. The van der Waals surface area contributed by atoms with Crippen molar-refractivity contribution >= 4 is 5.97 Å². The third-order valence-electron chi connectivity index (χ3n) is 2.33. The SMILES string of the molecule is C/C=C(\C)[C@@H](O)C(=O)OCc1ccccc1. The lowest BCUT2D eigenvalue weighted by molar-refractivity contribution is -0.152. The Balaban J connectivity index is 2.48. The third kappa shape index (κ3) is 3.51. The molecule has 0 aliphatic rings. The number of esters is 1. The van der Waals surface area contributed by atoms with Gasteiger partial charge in [0, 0.05) is 0 Å². The summed E-state index contributed by atoms with van der Waals surface area (Å²) in [7, 11) is 0. The van der Waals surface area contributed by atoms with E-state index in [4.69, 9.17) is 4.74 Å². The van der Waals surface area contributed by atoms with Crippen molar-refractivity contribution in [3.8, 4) is 0 Å². The molecule has 1 rings (SSSR count). The van der Waals surface area contributed by atoms with Crippen molar-refractivity contribution in [2.75, 3.05) is 0 Å². The van der Waals surface area contributed by atoms with Crippen LogP contribution in [0.3, 0.4) is 0 Å². The van der Waals surface area contributed by atoms with E-state index in [0.717, 1.165) is 5.56 Å². The number of carbonyl (C=O) groups excluding carboxylic acids is 1. The predicted molar refractivity (Wildman–Crippen MR) is 61.7 cm³/mol. The second-order valence-electron chi connectivity index (χ2n) is 3.53. The zero-order chi connectivity index (χ0) is 12.0. The van der Waals surface area contributed by atoms with Gasteiger partial charge in [-0.15, -0.1) is 0 Å². The van der Waals surface area contributed by atoms with Crippen LogP contribution in [0.1, 0.15) is 19.4 Å². The van der Waals surface area contributed by atoms with Crippen molar-refractivity contribution in [1.82, 2.24) is 0 Å². The van der Waals surface area contributed by atoms with E-state index in [9.17, 15) is 9.90 Å². The summed E-state index contributed by atoms with van der Waals surface area (Å²) in [6, 6.07) is 9.36. The van der Waals surface area contributed by atoms with Crippen LogP contribution in [0.2, 0.25) is 0 Å². The summed E-state index contributed by atoms with van der Waals surface area (Å²) < 4.78 is 4.98. The molecule has 0 heterocycles. The Labute approximate surface area is 95.4 Å². The maximum absolute atomic E-state index is 11.4. The number of allylic oxidation sites excluding steroid dienone is 1. The lowest BCUT2D eigenvalue weighted by atomic mass is 10.1. The Morgan fingerprint density at radius 1 is 1.44 bits per heavy atom. The van der Waals surface area contributed by atoms with Crippen LogP contribution in [0.5, 0.6) is 0 Å². The van der Waals surface area contributed by atoms with Gasteiger partial charge in [-0.05, 0) is 25.0 Å². The fraction of sp³-hybridized carbons (Fsp3) is 0.308. The third-order valence-corrected chi connectivity index (χ3v) is 2.33. The molecule has 0 aliphatic heterocycles. The van der Waals surface area contributed by atoms with Crippen LogP contribution < -0.4 is 0 Å². The molecule has 0 saturated carbocycles. The molecule has 3 heteroatoms. The van der Waals surface area contributed by atoms with Crippen LogP contribution in [-0.4, -0.2) is 17.2 Å². The van der Waals surface area contributed by atoms with Crippen molar-refractivity contribution in [3.63, 3.8) is 0 Å². The molecule has 86 valence electrons. The smallest absolute Gasteiger partial charge is 0.339 e. The summed E-state index contributed by atoms with van der Waals surface area (Å²) in [5.74, 6) is -0.612. The van der Waals surface area contributed by atoms with Gasteiger partial charge < -0.3 is 9.84 Å². The van der Waals surface area contributed by atoms with E-state index in [1.54, 1.807) is 19.9 Å². The molecule has 0 aromatic heterocycles. The standard InChI is InChI=1S/C13H16O3/c1-3-10(2)12(14)13(15)16-9-11-7-5-4-6-8-11/h3-8,12,14H,9H2,1-2H3/b10-3+/t12-/m1/s1. The van der Waals surface area contributed by atoms with Gasteiger partial charge in [0.1, 0.15) is 6.61 Å². The first-order valence-corrected chi connectivity index (χ1v) is 5.16. The van der Waals surface area contributed by atoms with Gasteiger partial charge in [-0.3, -0.25) is 0 Å². The van der Waals surface area contributed by atoms with E-state index in [-0.39, 0.29) is 6.61 Å². The predicted octanol–water partition coefficient (Wildman–Crippen LogP) is 2.06. The average molecular weight is 220 g/mol. The number of aliphatic hydroxyl groups is 1. The molecule has 0 bridgehead atoms. The maximum Gasteiger partial charge on any atom is 0.339 e. The lowest BCUT2D eigenvalue weighted by Gasteiger charge is -2.10. The fourth-order valence-corrected chi connectivity index (χ4v) is 1.15. The van der Waals surface area contributed by atoms with Crippen LogP contribution in [0, 0.1) is 0 Å². The highest BCUT2D eigenvalue weighted by atomic mass is 16.5. The number of benzene rings is 1. The number of aliphatic hydroxyl groups excluding tert-OH is 1. The minimum absolute atomic E-state index is 0.188. The van der Waals surface area contributed by atoms with Crippen molar-refractivity contribution in [3.05, 3.63) is 47.5 Å². The van der Waals surface area contributed by atoms with Gasteiger partial charge in [0.05, 0.1) is 0 Å². The summed E-state index contributed by atoms with van der Waals surface area (Å²) in [6.07, 6.45) is 0.530. The molecule has 0 fully saturated rings. The van der Waals surface area contributed by atoms with Gasteiger partial charge in [-0.2, -0.15) is 0 Å². The number of rotatable bonds is 4. The Morgan fingerprint density at radius 3 is 2.62 bits per heavy atom. The minimum Gasteiger partial charge on any atom is -0.459 e. The number of hydrogen-bond acceptors (Lipinski definition) is 3. The van der Waals surface area contributed by atoms with E-state index in [0.29, 0.717) is 5.57 Å². The van der Waals surface area contributed by atoms with Crippen LogP contribution in [0.4, 0.5) is 0 Å². The molecule has 0 aliphatic carbocycles. The van der Waals surface area contributed by atoms with Crippen LogP contribution >= 0.6 is 0 Å². The van der Waals surface area contributed by atoms with Crippen LogP contribution in [0.15, 0.2) is 42.0 Å². The van der Waals surface area contributed by atoms with Crippen LogP contribution in [0.25, 0.3) is 0 Å². The molecule has 16 heavy (non-hydrogen) atoms. The van der Waals surface area contributed by atoms with Crippen molar-refractivity contribution in [2.24, 2.45) is 0 Å². The zero-order valence-corrected chi connectivity index (χ0v) is 9.51. The molecule has 1 atom stereocenters. The summed E-state index contributed by atoms with van der Waals surface area (Å²) in [6.45, 7) is 3.64. The first kappa shape index (κ1) is 12.5. The molecule has 0 saturated heterocycles. The van der Waals surface area contributed by atoms with E-state index in [1.165, 1.54) is 0 Å². The number of hydrogen-bond donors (Lipinski definition) is 1. The molecule has 1 N–H and O–H groups in total. The number of carbonyl (C=O) groups is 1. The van der Waals surface area contributed by atoms with Crippen molar-refractivity contribution < 1.29 is 14.6 Å². The highest BCUT2D eigenvalue weighted by Gasteiger charge is 2.17. The molecule has 1 aromatic carbocycles. The first-order valence-electron chi connectivity index (χ1n) is 5.16. The highest BCUT2D eigenvalue weighted by Crippen LogP contribution is 2.06. The van der Waals surface area contributed by atoms with Crippen molar-refractivity contribution in [1.29, 1.82) is 0 Å².